The van der Waals surface area contributed by atoms with Crippen molar-refractivity contribution in [2.75, 3.05) is 0 Å². The third-order valence-corrected chi connectivity index (χ3v) is 4.87. The lowest BCUT2D eigenvalue weighted by Crippen LogP contribution is -2.17. The van der Waals surface area contributed by atoms with Gasteiger partial charge in [0, 0.05) is 23.8 Å². The average Bonchev–Trinajstić information content (AvgIpc) is 3.08. The van der Waals surface area contributed by atoms with Gasteiger partial charge in [0.25, 0.3) is 0 Å². The van der Waals surface area contributed by atoms with Gasteiger partial charge in [0.2, 0.25) is 0 Å². The monoisotopic (exact) mass is 369 g/mol. The quantitative estimate of drug-likeness (QED) is 0.673. The number of carboxylic acids is 1. The summed E-state index contributed by atoms with van der Waals surface area (Å²) in [7, 11) is 0. The fourth-order valence-corrected chi connectivity index (χ4v) is 3.49. The molecule has 0 fully saturated rings. The number of aromatic nitrogens is 1. The second kappa shape index (κ2) is 8.01. The molecule has 3 aromatic rings. The Morgan fingerprint density at radius 1 is 1.12 bits per heavy atom. The molecular weight excluding hydrogens is 353 g/mol. The van der Waals surface area contributed by atoms with E-state index in [2.05, 4.69) is 4.98 Å². The lowest BCUT2D eigenvalue weighted by atomic mass is 9.93. The summed E-state index contributed by atoms with van der Waals surface area (Å²) in [5.41, 5.74) is 1.82. The van der Waals surface area contributed by atoms with Crippen molar-refractivity contribution < 1.29 is 19.1 Å². The van der Waals surface area contributed by atoms with Crippen LogP contribution in [0.15, 0.2) is 60.0 Å². The molecule has 0 saturated carbocycles. The third kappa shape index (κ3) is 4.40. The predicted octanol–water partition coefficient (Wildman–Crippen LogP) is 4.32. The van der Waals surface area contributed by atoms with Crippen LogP contribution in [0.1, 0.15) is 23.6 Å². The van der Waals surface area contributed by atoms with Crippen LogP contribution in [0.4, 0.5) is 4.39 Å². The molecule has 3 rings (SSSR count). The molecular formula is C20H16FNO3S. The van der Waals surface area contributed by atoms with Crippen molar-refractivity contribution in [3.8, 4) is 10.6 Å². The van der Waals surface area contributed by atoms with Gasteiger partial charge in [0.1, 0.15) is 16.6 Å². The molecule has 132 valence electrons. The van der Waals surface area contributed by atoms with Gasteiger partial charge in [-0.3, -0.25) is 9.59 Å². The molecule has 0 saturated heterocycles. The first-order valence-corrected chi connectivity index (χ1v) is 8.90. The summed E-state index contributed by atoms with van der Waals surface area (Å²) in [5, 5.41) is 11.8. The maximum Gasteiger partial charge on any atom is 0.311 e. The zero-order chi connectivity index (χ0) is 18.5. The van der Waals surface area contributed by atoms with Crippen LogP contribution >= 0.6 is 11.3 Å². The number of benzene rings is 2. The van der Waals surface area contributed by atoms with Crippen LogP contribution in [0.5, 0.6) is 0 Å². The second-order valence-electron chi connectivity index (χ2n) is 5.88. The van der Waals surface area contributed by atoms with Crippen molar-refractivity contribution in [2.24, 2.45) is 0 Å². The van der Waals surface area contributed by atoms with E-state index in [4.69, 9.17) is 0 Å². The Hall–Kier alpha value is -2.86. The van der Waals surface area contributed by atoms with E-state index in [0.29, 0.717) is 21.8 Å². The molecule has 0 radical (unpaired) electrons. The molecule has 26 heavy (non-hydrogen) atoms. The van der Waals surface area contributed by atoms with Gasteiger partial charge in [-0.05, 0) is 17.7 Å². The van der Waals surface area contributed by atoms with Gasteiger partial charge in [-0.1, -0.05) is 42.5 Å². The highest BCUT2D eigenvalue weighted by atomic mass is 32.1. The highest BCUT2D eigenvalue weighted by Crippen LogP contribution is 2.26. The highest BCUT2D eigenvalue weighted by Gasteiger charge is 2.23. The first-order valence-electron chi connectivity index (χ1n) is 8.02. The van der Waals surface area contributed by atoms with Crippen molar-refractivity contribution in [1.29, 1.82) is 0 Å². The number of ketones is 1. The first-order chi connectivity index (χ1) is 12.5. The van der Waals surface area contributed by atoms with Crippen LogP contribution in [0.3, 0.4) is 0 Å². The minimum Gasteiger partial charge on any atom is -0.481 e. The Morgan fingerprint density at radius 3 is 2.58 bits per heavy atom. The van der Waals surface area contributed by atoms with E-state index in [0.717, 1.165) is 0 Å². The maximum atomic E-state index is 13.3. The van der Waals surface area contributed by atoms with Crippen molar-refractivity contribution in [1.82, 2.24) is 4.98 Å². The third-order valence-electron chi connectivity index (χ3n) is 3.93. The van der Waals surface area contributed by atoms with Crippen LogP contribution in [-0.2, 0) is 16.0 Å². The number of halogens is 1. The fourth-order valence-electron chi connectivity index (χ4n) is 2.68. The Bertz CT molecular complexity index is 924. The molecule has 1 N–H and O–H groups in total. The minimum atomic E-state index is -1.02. The molecule has 0 aliphatic carbocycles. The van der Waals surface area contributed by atoms with Gasteiger partial charge in [-0.2, -0.15) is 0 Å². The summed E-state index contributed by atoms with van der Waals surface area (Å²) >= 11 is 1.33. The second-order valence-corrected chi connectivity index (χ2v) is 6.73. The van der Waals surface area contributed by atoms with E-state index in [1.807, 2.05) is 0 Å². The minimum absolute atomic E-state index is 0.0580. The Labute approximate surface area is 154 Å². The lowest BCUT2D eigenvalue weighted by Gasteiger charge is -2.11. The highest BCUT2D eigenvalue weighted by molar-refractivity contribution is 7.13. The van der Waals surface area contributed by atoms with Crippen LogP contribution < -0.4 is 0 Å². The summed E-state index contributed by atoms with van der Waals surface area (Å²) in [6.45, 7) is 0. The van der Waals surface area contributed by atoms with Crippen molar-refractivity contribution in [3.05, 3.63) is 77.1 Å². The molecule has 1 aromatic heterocycles. The Kier molecular flexibility index (Phi) is 5.53. The molecule has 1 atom stereocenters. The molecule has 6 heteroatoms. The average molecular weight is 369 g/mol. The van der Waals surface area contributed by atoms with E-state index in [1.54, 1.807) is 47.8 Å². The van der Waals surface area contributed by atoms with Gasteiger partial charge < -0.3 is 5.11 Å². The molecule has 0 spiro atoms. The standard InChI is InChI=1S/C20H16FNO3S/c21-15-8-4-7-14(9-15)19-22-16(12-26-19)10-17(23)11-18(20(24)25)13-5-2-1-3-6-13/h1-9,12,18H,10-11H2,(H,24,25)/t18-/m1/s1. The molecule has 4 nitrogen and oxygen atoms in total. The molecule has 1 heterocycles. The first kappa shape index (κ1) is 17.9. The molecule has 0 unspecified atom stereocenters. The summed E-state index contributed by atoms with van der Waals surface area (Å²) in [6.07, 6.45) is -0.0331. The fraction of sp³-hybridized carbons (Fsp3) is 0.150. The SMILES string of the molecule is O=C(Cc1csc(-c2cccc(F)c2)n1)C[C@@H](C(=O)O)c1ccccc1. The normalized spacial score (nSPS) is 11.9. The predicted molar refractivity (Wildman–Crippen MR) is 97.7 cm³/mol. The molecule has 2 aromatic carbocycles. The van der Waals surface area contributed by atoms with E-state index in [9.17, 15) is 19.1 Å². The maximum absolute atomic E-state index is 13.3. The van der Waals surface area contributed by atoms with Crippen LogP contribution in [0.25, 0.3) is 10.6 Å². The van der Waals surface area contributed by atoms with Crippen LogP contribution in [0, 0.1) is 5.82 Å². The number of carbonyl (C=O) groups is 2. The number of nitrogens with zero attached hydrogens (tertiary/aromatic N) is 1. The summed E-state index contributed by atoms with van der Waals surface area (Å²) in [6, 6.07) is 14.8. The largest absolute Gasteiger partial charge is 0.481 e. The lowest BCUT2D eigenvalue weighted by molar-refractivity contribution is -0.140. The number of hydrogen-bond acceptors (Lipinski definition) is 4. The number of Topliss-reactive ketones (excluding diaryl/α,β-unsaturated/α-hetero) is 1. The van der Waals surface area contributed by atoms with Gasteiger partial charge in [0.15, 0.2) is 0 Å². The number of hydrogen-bond donors (Lipinski definition) is 1. The smallest absolute Gasteiger partial charge is 0.311 e. The van der Waals surface area contributed by atoms with Gasteiger partial charge in [-0.25, -0.2) is 9.37 Å². The molecule has 0 aliphatic heterocycles. The number of rotatable bonds is 7. The van der Waals surface area contributed by atoms with Gasteiger partial charge in [0.05, 0.1) is 11.6 Å². The van der Waals surface area contributed by atoms with Gasteiger partial charge >= 0.3 is 5.97 Å². The zero-order valence-electron chi connectivity index (χ0n) is 13.8. The number of carbonyl (C=O) groups excluding carboxylic acids is 1. The van der Waals surface area contributed by atoms with Crippen molar-refractivity contribution in [3.63, 3.8) is 0 Å². The van der Waals surface area contributed by atoms with E-state index in [-0.39, 0.29) is 24.4 Å². The van der Waals surface area contributed by atoms with Crippen molar-refractivity contribution in [2.45, 2.75) is 18.8 Å². The summed E-state index contributed by atoms with van der Waals surface area (Å²) in [4.78, 5) is 28.2. The van der Waals surface area contributed by atoms with Crippen molar-refractivity contribution >= 4 is 23.1 Å². The van der Waals surface area contributed by atoms with Crippen LogP contribution in [-0.4, -0.2) is 21.8 Å². The number of aliphatic carboxylic acids is 1. The topological polar surface area (TPSA) is 67.3 Å². The Balaban J connectivity index is 1.69. The number of thiazole rings is 1. The molecule has 0 amide bonds. The molecule has 0 bridgehead atoms. The number of carboxylic acid groups (broad SMARTS) is 1. The zero-order valence-corrected chi connectivity index (χ0v) is 14.6. The van der Waals surface area contributed by atoms with Gasteiger partial charge in [-0.15, -0.1) is 11.3 Å². The van der Waals surface area contributed by atoms with E-state index >= 15 is 0 Å². The summed E-state index contributed by atoms with van der Waals surface area (Å²) < 4.78 is 13.3. The van der Waals surface area contributed by atoms with E-state index < -0.39 is 11.9 Å². The van der Waals surface area contributed by atoms with E-state index in [1.165, 1.54) is 23.5 Å². The Morgan fingerprint density at radius 2 is 1.88 bits per heavy atom. The van der Waals surface area contributed by atoms with Crippen LogP contribution in [0.2, 0.25) is 0 Å². The summed E-state index contributed by atoms with van der Waals surface area (Å²) in [5.74, 6) is -2.44. The molecule has 0 aliphatic rings.